The SMILES string of the molecule is O=C(c1ccc(CSc2ncn[nH]2)cc1)N1CCC[C@@H](Cc2csc3ccccc23)C1. The number of benzene rings is 2. The van der Waals surface area contributed by atoms with Crippen LogP contribution in [0.15, 0.2) is 65.4 Å². The summed E-state index contributed by atoms with van der Waals surface area (Å²) >= 11 is 3.42. The number of amides is 1. The van der Waals surface area contributed by atoms with Gasteiger partial charge < -0.3 is 4.90 Å². The largest absolute Gasteiger partial charge is 0.338 e. The summed E-state index contributed by atoms with van der Waals surface area (Å²) in [5, 5.41) is 11.2. The summed E-state index contributed by atoms with van der Waals surface area (Å²) in [5.41, 5.74) is 3.36. The van der Waals surface area contributed by atoms with Gasteiger partial charge in [-0.3, -0.25) is 9.89 Å². The van der Waals surface area contributed by atoms with E-state index in [4.69, 9.17) is 0 Å². The van der Waals surface area contributed by atoms with Crippen LogP contribution in [-0.4, -0.2) is 39.1 Å². The fourth-order valence-corrected chi connectivity index (χ4v) is 5.97. The minimum atomic E-state index is 0.148. The maximum atomic E-state index is 13.1. The number of fused-ring (bicyclic) bond motifs is 1. The lowest BCUT2D eigenvalue weighted by Gasteiger charge is -2.33. The molecule has 1 atom stereocenters. The summed E-state index contributed by atoms with van der Waals surface area (Å²) in [6, 6.07) is 16.6. The van der Waals surface area contributed by atoms with Gasteiger partial charge in [-0.05, 0) is 65.3 Å². The molecule has 158 valence electrons. The maximum Gasteiger partial charge on any atom is 0.253 e. The number of thioether (sulfide) groups is 1. The Morgan fingerprint density at radius 3 is 2.90 bits per heavy atom. The molecule has 7 heteroatoms. The molecular formula is C24H24N4OS2. The highest BCUT2D eigenvalue weighted by Crippen LogP contribution is 2.30. The van der Waals surface area contributed by atoms with Gasteiger partial charge in [-0.15, -0.1) is 11.3 Å². The van der Waals surface area contributed by atoms with Gasteiger partial charge in [0, 0.05) is 29.1 Å². The number of thiophene rings is 1. The van der Waals surface area contributed by atoms with Crippen molar-refractivity contribution in [2.24, 2.45) is 5.92 Å². The van der Waals surface area contributed by atoms with Crippen LogP contribution in [0.4, 0.5) is 0 Å². The van der Waals surface area contributed by atoms with Gasteiger partial charge in [0.15, 0.2) is 5.16 Å². The molecule has 4 aromatic rings. The first-order chi connectivity index (χ1) is 15.3. The second kappa shape index (κ2) is 9.24. The van der Waals surface area contributed by atoms with E-state index in [0.29, 0.717) is 5.92 Å². The maximum absolute atomic E-state index is 13.1. The number of carbonyl (C=O) groups excluding carboxylic acids is 1. The van der Waals surface area contributed by atoms with Crippen molar-refractivity contribution in [2.75, 3.05) is 13.1 Å². The third-order valence-corrected chi connectivity index (χ3v) is 7.81. The molecule has 0 radical (unpaired) electrons. The molecule has 0 bridgehead atoms. The highest BCUT2D eigenvalue weighted by Gasteiger charge is 2.25. The third kappa shape index (κ3) is 4.67. The highest BCUT2D eigenvalue weighted by atomic mass is 32.2. The number of rotatable bonds is 6. The number of aromatic amines is 1. The van der Waals surface area contributed by atoms with Gasteiger partial charge in [0.25, 0.3) is 5.91 Å². The van der Waals surface area contributed by atoms with E-state index in [1.165, 1.54) is 34.0 Å². The van der Waals surface area contributed by atoms with Crippen LogP contribution in [0.25, 0.3) is 10.1 Å². The van der Waals surface area contributed by atoms with E-state index in [1.807, 2.05) is 40.5 Å². The number of aromatic nitrogens is 3. The summed E-state index contributed by atoms with van der Waals surface area (Å²) in [6.07, 6.45) is 4.82. The molecule has 5 nitrogen and oxygen atoms in total. The molecule has 1 aliphatic heterocycles. The van der Waals surface area contributed by atoms with Crippen molar-refractivity contribution in [1.29, 1.82) is 0 Å². The molecule has 2 aromatic heterocycles. The number of hydrogen-bond acceptors (Lipinski definition) is 5. The number of carbonyl (C=O) groups is 1. The average molecular weight is 449 g/mol. The van der Waals surface area contributed by atoms with Crippen LogP contribution in [0.5, 0.6) is 0 Å². The molecule has 5 rings (SSSR count). The smallest absolute Gasteiger partial charge is 0.253 e. The lowest BCUT2D eigenvalue weighted by Crippen LogP contribution is -2.40. The fourth-order valence-electron chi connectivity index (χ4n) is 4.26. The molecule has 2 aromatic carbocycles. The Balaban J connectivity index is 1.21. The lowest BCUT2D eigenvalue weighted by atomic mass is 9.91. The average Bonchev–Trinajstić information content (AvgIpc) is 3.48. The van der Waals surface area contributed by atoms with E-state index in [0.717, 1.165) is 42.4 Å². The summed E-state index contributed by atoms with van der Waals surface area (Å²) in [7, 11) is 0. The quantitative estimate of drug-likeness (QED) is 0.401. The predicted molar refractivity (Wildman–Crippen MR) is 127 cm³/mol. The number of H-pyrrole nitrogens is 1. The Labute approximate surface area is 189 Å². The number of piperidine rings is 1. The van der Waals surface area contributed by atoms with Gasteiger partial charge in [0.2, 0.25) is 0 Å². The van der Waals surface area contributed by atoms with Gasteiger partial charge in [0.05, 0.1) is 0 Å². The molecule has 0 unspecified atom stereocenters. The number of likely N-dealkylation sites (tertiary alicyclic amines) is 1. The molecule has 1 amide bonds. The zero-order valence-corrected chi connectivity index (χ0v) is 18.8. The van der Waals surface area contributed by atoms with Gasteiger partial charge in [0.1, 0.15) is 6.33 Å². The molecular weight excluding hydrogens is 424 g/mol. The molecule has 0 aliphatic carbocycles. The predicted octanol–water partition coefficient (Wildman–Crippen LogP) is 5.41. The first-order valence-electron chi connectivity index (χ1n) is 10.6. The van der Waals surface area contributed by atoms with Gasteiger partial charge in [-0.2, -0.15) is 5.10 Å². The Morgan fingerprint density at radius 1 is 1.19 bits per heavy atom. The van der Waals surface area contributed by atoms with Crippen LogP contribution in [0.2, 0.25) is 0 Å². The molecule has 0 spiro atoms. The van der Waals surface area contributed by atoms with E-state index in [9.17, 15) is 4.79 Å². The van der Waals surface area contributed by atoms with Crippen LogP contribution >= 0.6 is 23.1 Å². The minimum absolute atomic E-state index is 0.148. The molecule has 1 aliphatic rings. The molecule has 1 saturated heterocycles. The number of hydrogen-bond donors (Lipinski definition) is 1. The van der Waals surface area contributed by atoms with Crippen molar-refractivity contribution in [3.8, 4) is 0 Å². The van der Waals surface area contributed by atoms with Crippen molar-refractivity contribution < 1.29 is 4.79 Å². The van der Waals surface area contributed by atoms with Crippen LogP contribution < -0.4 is 0 Å². The zero-order chi connectivity index (χ0) is 21.0. The van der Waals surface area contributed by atoms with Crippen molar-refractivity contribution in [3.63, 3.8) is 0 Å². The van der Waals surface area contributed by atoms with Crippen LogP contribution in [0, 0.1) is 5.92 Å². The summed E-state index contributed by atoms with van der Waals surface area (Å²) in [4.78, 5) is 19.3. The molecule has 3 heterocycles. The van der Waals surface area contributed by atoms with Gasteiger partial charge in [-0.25, -0.2) is 4.98 Å². The van der Waals surface area contributed by atoms with Gasteiger partial charge >= 0.3 is 0 Å². The van der Waals surface area contributed by atoms with Crippen LogP contribution in [0.3, 0.4) is 0 Å². The first-order valence-corrected chi connectivity index (χ1v) is 12.4. The monoisotopic (exact) mass is 448 g/mol. The Bertz CT molecular complexity index is 1150. The van der Waals surface area contributed by atoms with Crippen molar-refractivity contribution >= 4 is 39.1 Å². The molecule has 0 saturated carbocycles. The normalized spacial score (nSPS) is 16.6. The topological polar surface area (TPSA) is 61.9 Å². The van der Waals surface area contributed by atoms with Crippen LogP contribution in [-0.2, 0) is 12.2 Å². The summed E-state index contributed by atoms with van der Waals surface area (Å²) in [5.74, 6) is 1.46. The molecule has 1 N–H and O–H groups in total. The second-order valence-electron chi connectivity index (χ2n) is 8.00. The second-order valence-corrected chi connectivity index (χ2v) is 9.87. The van der Waals surface area contributed by atoms with Gasteiger partial charge in [-0.1, -0.05) is 42.1 Å². The van der Waals surface area contributed by atoms with Crippen LogP contribution in [0.1, 0.15) is 34.3 Å². The lowest BCUT2D eigenvalue weighted by molar-refractivity contribution is 0.0673. The summed E-state index contributed by atoms with van der Waals surface area (Å²) < 4.78 is 1.35. The highest BCUT2D eigenvalue weighted by molar-refractivity contribution is 7.98. The van der Waals surface area contributed by atoms with E-state index < -0.39 is 0 Å². The Kier molecular flexibility index (Phi) is 6.04. The van der Waals surface area contributed by atoms with E-state index in [2.05, 4.69) is 44.8 Å². The standard InChI is InChI=1S/C24H24N4OS2/c29-23(19-9-7-17(8-10-19)14-31-24-25-16-26-27-24)28-11-3-4-18(13-28)12-20-15-30-22-6-2-1-5-21(20)22/h1-2,5-10,15-16,18H,3-4,11-14H2,(H,25,26,27)/t18-/m0/s1. The fraction of sp³-hybridized carbons (Fsp3) is 0.292. The minimum Gasteiger partial charge on any atom is -0.338 e. The number of nitrogens with zero attached hydrogens (tertiary/aromatic N) is 3. The van der Waals surface area contributed by atoms with E-state index >= 15 is 0 Å². The number of nitrogens with one attached hydrogen (secondary N) is 1. The Morgan fingerprint density at radius 2 is 2.06 bits per heavy atom. The van der Waals surface area contributed by atoms with E-state index in [1.54, 1.807) is 11.8 Å². The molecule has 1 fully saturated rings. The molecule has 31 heavy (non-hydrogen) atoms. The summed E-state index contributed by atoms with van der Waals surface area (Å²) in [6.45, 7) is 1.69. The van der Waals surface area contributed by atoms with Crippen molar-refractivity contribution in [1.82, 2.24) is 20.1 Å². The zero-order valence-electron chi connectivity index (χ0n) is 17.2. The third-order valence-electron chi connectivity index (χ3n) is 5.85. The van der Waals surface area contributed by atoms with Crippen molar-refractivity contribution in [3.05, 3.63) is 76.9 Å². The Hall–Kier alpha value is -2.64. The van der Waals surface area contributed by atoms with Crippen molar-refractivity contribution in [2.45, 2.75) is 30.2 Å². The van der Waals surface area contributed by atoms with E-state index in [-0.39, 0.29) is 5.91 Å². The first kappa shape index (κ1) is 20.3.